The van der Waals surface area contributed by atoms with Gasteiger partial charge in [-0.3, -0.25) is 0 Å². The molecule has 18 heavy (non-hydrogen) atoms. The van der Waals surface area contributed by atoms with Gasteiger partial charge in [0.1, 0.15) is 12.4 Å². The number of aryl methyl sites for hydroxylation is 1. The maximum Gasteiger partial charge on any atom is 0.134 e. The first-order chi connectivity index (χ1) is 8.79. The van der Waals surface area contributed by atoms with Crippen molar-refractivity contribution in [2.75, 3.05) is 6.54 Å². The smallest absolute Gasteiger partial charge is 0.134 e. The first-order valence-electron chi connectivity index (χ1n) is 7.10. The molecular formula is C14H25N3O. The van der Waals surface area contributed by atoms with Gasteiger partial charge in [0.05, 0.1) is 6.10 Å². The van der Waals surface area contributed by atoms with Crippen molar-refractivity contribution in [3.63, 3.8) is 0 Å². The van der Waals surface area contributed by atoms with Crippen molar-refractivity contribution >= 4 is 0 Å². The van der Waals surface area contributed by atoms with Crippen molar-refractivity contribution in [3.05, 3.63) is 18.2 Å². The second-order valence-corrected chi connectivity index (χ2v) is 5.19. The summed E-state index contributed by atoms with van der Waals surface area (Å²) in [5, 5.41) is 3.60. The quantitative estimate of drug-likeness (QED) is 0.843. The number of rotatable bonds is 6. The summed E-state index contributed by atoms with van der Waals surface area (Å²) in [6.07, 6.45) is 10.2. The summed E-state index contributed by atoms with van der Waals surface area (Å²) < 4.78 is 7.97. The van der Waals surface area contributed by atoms with Crippen LogP contribution in [-0.2, 0) is 18.4 Å². The molecule has 1 N–H and O–H groups in total. The zero-order chi connectivity index (χ0) is 12.8. The summed E-state index contributed by atoms with van der Waals surface area (Å²) >= 11 is 0. The Morgan fingerprint density at radius 3 is 2.78 bits per heavy atom. The number of ether oxygens (including phenoxy) is 1. The maximum atomic E-state index is 5.95. The molecule has 1 aliphatic rings. The molecule has 4 heteroatoms. The molecule has 0 aliphatic heterocycles. The van der Waals surface area contributed by atoms with Gasteiger partial charge in [0.2, 0.25) is 0 Å². The predicted molar refractivity (Wildman–Crippen MR) is 72.3 cm³/mol. The minimum atomic E-state index is 0.418. The lowest BCUT2D eigenvalue weighted by Gasteiger charge is -2.29. The highest BCUT2D eigenvalue weighted by molar-refractivity contribution is 4.89. The summed E-state index contributed by atoms with van der Waals surface area (Å²) in [6.45, 7) is 4.00. The van der Waals surface area contributed by atoms with Gasteiger partial charge >= 0.3 is 0 Å². The normalized spacial score (nSPS) is 24.3. The van der Waals surface area contributed by atoms with Crippen LogP contribution in [0, 0.1) is 0 Å². The molecule has 1 fully saturated rings. The predicted octanol–water partition coefficient (Wildman–Crippen LogP) is 2.25. The van der Waals surface area contributed by atoms with Crippen LogP contribution in [-0.4, -0.2) is 28.2 Å². The van der Waals surface area contributed by atoms with E-state index in [0.29, 0.717) is 18.8 Å². The highest BCUT2D eigenvalue weighted by Gasteiger charge is 2.21. The van der Waals surface area contributed by atoms with Gasteiger partial charge in [-0.2, -0.15) is 0 Å². The van der Waals surface area contributed by atoms with E-state index < -0.39 is 0 Å². The van der Waals surface area contributed by atoms with E-state index in [-0.39, 0.29) is 0 Å². The average Bonchev–Trinajstić information content (AvgIpc) is 2.81. The van der Waals surface area contributed by atoms with E-state index in [2.05, 4.69) is 17.2 Å². The van der Waals surface area contributed by atoms with Crippen LogP contribution < -0.4 is 5.32 Å². The van der Waals surface area contributed by atoms with Crippen LogP contribution in [0.15, 0.2) is 12.4 Å². The van der Waals surface area contributed by atoms with Crippen molar-refractivity contribution in [2.45, 2.75) is 57.8 Å². The first-order valence-corrected chi connectivity index (χ1v) is 7.10. The van der Waals surface area contributed by atoms with Crippen molar-refractivity contribution in [3.8, 4) is 0 Å². The van der Waals surface area contributed by atoms with E-state index in [9.17, 15) is 0 Å². The lowest BCUT2D eigenvalue weighted by Crippen LogP contribution is -2.35. The standard InChI is InChI=1S/C14H25N3O/c1-3-8-15-12-4-6-13(7-5-12)18-11-14-16-9-10-17(14)2/h9-10,12-13,15H,3-8,11H2,1-2H3. The summed E-state index contributed by atoms with van der Waals surface area (Å²) in [5.41, 5.74) is 0. The van der Waals surface area contributed by atoms with Crippen LogP contribution >= 0.6 is 0 Å². The molecule has 1 heterocycles. The van der Waals surface area contributed by atoms with Crippen LogP contribution in [0.3, 0.4) is 0 Å². The molecule has 1 saturated carbocycles. The topological polar surface area (TPSA) is 39.1 Å². The van der Waals surface area contributed by atoms with Gasteiger partial charge in [0, 0.05) is 25.5 Å². The van der Waals surface area contributed by atoms with Gasteiger partial charge in [-0.05, 0) is 38.6 Å². The highest BCUT2D eigenvalue weighted by Crippen LogP contribution is 2.22. The molecule has 0 aromatic carbocycles. The summed E-state index contributed by atoms with van der Waals surface area (Å²) in [6, 6.07) is 0.706. The Morgan fingerprint density at radius 1 is 1.39 bits per heavy atom. The molecule has 4 nitrogen and oxygen atoms in total. The van der Waals surface area contributed by atoms with Gasteiger partial charge in [-0.15, -0.1) is 0 Å². The Bertz CT molecular complexity index is 343. The van der Waals surface area contributed by atoms with E-state index in [1.165, 1.54) is 32.1 Å². The van der Waals surface area contributed by atoms with Gasteiger partial charge < -0.3 is 14.6 Å². The number of imidazole rings is 1. The largest absolute Gasteiger partial charge is 0.370 e. The number of nitrogens with one attached hydrogen (secondary N) is 1. The fourth-order valence-electron chi connectivity index (χ4n) is 2.51. The van der Waals surface area contributed by atoms with Crippen molar-refractivity contribution < 1.29 is 4.74 Å². The third kappa shape index (κ3) is 3.82. The Morgan fingerprint density at radius 2 is 2.17 bits per heavy atom. The molecule has 1 aliphatic carbocycles. The molecule has 1 aromatic heterocycles. The molecule has 0 bridgehead atoms. The van der Waals surface area contributed by atoms with Gasteiger partial charge in [-0.25, -0.2) is 4.98 Å². The number of hydrogen-bond donors (Lipinski definition) is 1. The lowest BCUT2D eigenvalue weighted by atomic mass is 9.93. The summed E-state index contributed by atoms with van der Waals surface area (Å²) in [7, 11) is 2.01. The number of nitrogens with zero attached hydrogens (tertiary/aromatic N) is 2. The Kier molecular flexibility index (Phi) is 5.20. The van der Waals surface area contributed by atoms with Gasteiger partial charge in [0.25, 0.3) is 0 Å². The van der Waals surface area contributed by atoms with Crippen molar-refractivity contribution in [1.82, 2.24) is 14.9 Å². The van der Waals surface area contributed by atoms with Crippen LogP contribution in [0.4, 0.5) is 0 Å². The molecule has 1 aromatic rings. The molecule has 0 radical (unpaired) electrons. The Hall–Kier alpha value is -0.870. The van der Waals surface area contributed by atoms with E-state index in [1.54, 1.807) is 0 Å². The number of aromatic nitrogens is 2. The summed E-state index contributed by atoms with van der Waals surface area (Å²) in [5.74, 6) is 1.02. The molecule has 2 rings (SSSR count). The molecular weight excluding hydrogens is 226 g/mol. The summed E-state index contributed by atoms with van der Waals surface area (Å²) in [4.78, 5) is 4.28. The third-order valence-corrected chi connectivity index (χ3v) is 3.73. The fourth-order valence-corrected chi connectivity index (χ4v) is 2.51. The number of hydrogen-bond acceptors (Lipinski definition) is 3. The van der Waals surface area contributed by atoms with Gasteiger partial charge in [0.15, 0.2) is 0 Å². The molecule has 0 atom stereocenters. The van der Waals surface area contributed by atoms with Crippen LogP contribution in [0.25, 0.3) is 0 Å². The monoisotopic (exact) mass is 251 g/mol. The highest BCUT2D eigenvalue weighted by atomic mass is 16.5. The Balaban J connectivity index is 1.66. The first kappa shape index (κ1) is 13.6. The van der Waals surface area contributed by atoms with E-state index >= 15 is 0 Å². The van der Waals surface area contributed by atoms with Crippen molar-refractivity contribution in [2.24, 2.45) is 7.05 Å². The van der Waals surface area contributed by atoms with E-state index in [1.807, 2.05) is 24.0 Å². The van der Waals surface area contributed by atoms with Crippen molar-refractivity contribution in [1.29, 1.82) is 0 Å². The van der Waals surface area contributed by atoms with Crippen LogP contribution in [0.2, 0.25) is 0 Å². The average molecular weight is 251 g/mol. The molecule has 0 amide bonds. The SMILES string of the molecule is CCCNC1CCC(OCc2nccn2C)CC1. The van der Waals surface area contributed by atoms with Gasteiger partial charge in [-0.1, -0.05) is 6.92 Å². The molecule has 0 unspecified atom stereocenters. The second kappa shape index (κ2) is 6.90. The zero-order valence-electron chi connectivity index (χ0n) is 11.6. The minimum Gasteiger partial charge on any atom is -0.370 e. The lowest BCUT2D eigenvalue weighted by molar-refractivity contribution is 0.00728. The van der Waals surface area contributed by atoms with E-state index in [4.69, 9.17) is 4.74 Å². The van der Waals surface area contributed by atoms with Crippen LogP contribution in [0.5, 0.6) is 0 Å². The van der Waals surface area contributed by atoms with E-state index in [0.717, 1.165) is 12.4 Å². The minimum absolute atomic E-state index is 0.418. The fraction of sp³-hybridized carbons (Fsp3) is 0.786. The second-order valence-electron chi connectivity index (χ2n) is 5.19. The molecule has 0 spiro atoms. The maximum absolute atomic E-state index is 5.95. The molecule has 102 valence electrons. The van der Waals surface area contributed by atoms with Crippen LogP contribution in [0.1, 0.15) is 44.9 Å². The third-order valence-electron chi connectivity index (χ3n) is 3.73. The Labute approximate surface area is 110 Å². The zero-order valence-corrected chi connectivity index (χ0v) is 11.6. The molecule has 0 saturated heterocycles.